The highest BCUT2D eigenvalue weighted by molar-refractivity contribution is 7.99. The van der Waals surface area contributed by atoms with Gasteiger partial charge in [-0.3, -0.25) is 9.69 Å². The minimum absolute atomic E-state index is 0.0524. The van der Waals surface area contributed by atoms with Gasteiger partial charge in [-0.2, -0.15) is 8.78 Å². The quantitative estimate of drug-likeness (QED) is 0.827. The summed E-state index contributed by atoms with van der Waals surface area (Å²) in [6.45, 7) is 6.01. The van der Waals surface area contributed by atoms with Crippen molar-refractivity contribution >= 4 is 23.4 Å². The van der Waals surface area contributed by atoms with Crippen LogP contribution < -0.4 is 5.32 Å². The molecule has 1 aliphatic rings. The fraction of sp³-hybridized carbons (Fsp3) is 0.562. The van der Waals surface area contributed by atoms with Crippen molar-refractivity contribution in [2.75, 3.05) is 18.4 Å². The van der Waals surface area contributed by atoms with Gasteiger partial charge in [0.05, 0.1) is 6.04 Å². The van der Waals surface area contributed by atoms with Crippen LogP contribution in [0.2, 0.25) is 0 Å². The molecule has 0 aliphatic carbocycles. The minimum Gasteiger partial charge on any atom is -0.325 e. The molecule has 0 radical (unpaired) electrons. The number of nitrogens with one attached hydrogen (secondary N) is 1. The Balaban J connectivity index is 1.90. The summed E-state index contributed by atoms with van der Waals surface area (Å²) < 4.78 is 24.5. The minimum atomic E-state index is -2.43. The number of carbonyl (C=O) groups excluding carboxylic acids is 1. The lowest BCUT2D eigenvalue weighted by atomic mass is 9.99. The monoisotopic (exact) mass is 328 g/mol. The van der Waals surface area contributed by atoms with Crippen molar-refractivity contribution in [1.29, 1.82) is 0 Å². The highest BCUT2D eigenvalue weighted by Crippen LogP contribution is 2.26. The fourth-order valence-corrected chi connectivity index (χ4v) is 3.21. The fourth-order valence-electron chi connectivity index (χ4n) is 2.71. The van der Waals surface area contributed by atoms with E-state index in [2.05, 4.69) is 17.1 Å². The topological polar surface area (TPSA) is 32.3 Å². The Morgan fingerprint density at radius 1 is 1.36 bits per heavy atom. The molecule has 0 spiro atoms. The molecule has 3 nitrogen and oxygen atoms in total. The van der Waals surface area contributed by atoms with Crippen molar-refractivity contribution < 1.29 is 13.6 Å². The van der Waals surface area contributed by atoms with Gasteiger partial charge in [-0.05, 0) is 56.5 Å². The summed E-state index contributed by atoms with van der Waals surface area (Å²) >= 11 is 0.501. The first kappa shape index (κ1) is 17.2. The Hall–Kier alpha value is -1.14. The molecule has 1 fully saturated rings. The van der Waals surface area contributed by atoms with E-state index in [4.69, 9.17) is 0 Å². The molecule has 6 heteroatoms. The lowest BCUT2D eigenvalue weighted by Gasteiger charge is -2.34. The lowest BCUT2D eigenvalue weighted by Crippen LogP contribution is -2.46. The van der Waals surface area contributed by atoms with Crippen LogP contribution in [0.5, 0.6) is 0 Å². The summed E-state index contributed by atoms with van der Waals surface area (Å²) in [5.41, 5.74) is 0.639. The molecule has 1 heterocycles. The predicted molar refractivity (Wildman–Crippen MR) is 86.4 cm³/mol. The number of likely N-dealkylation sites (tertiary alicyclic amines) is 1. The molecule has 1 aliphatic heterocycles. The van der Waals surface area contributed by atoms with E-state index in [1.54, 1.807) is 24.3 Å². The molecule has 1 amide bonds. The molecule has 1 N–H and O–H groups in total. The molecule has 2 rings (SSSR count). The van der Waals surface area contributed by atoms with Crippen LogP contribution in [-0.4, -0.2) is 35.7 Å². The molecule has 1 aromatic rings. The van der Waals surface area contributed by atoms with E-state index in [0.29, 0.717) is 28.3 Å². The second-order valence-corrected chi connectivity index (χ2v) is 6.87. The van der Waals surface area contributed by atoms with E-state index in [1.165, 1.54) is 6.42 Å². The Labute approximate surface area is 134 Å². The Kier molecular flexibility index (Phi) is 6.20. The number of alkyl halides is 2. The zero-order valence-corrected chi connectivity index (χ0v) is 13.7. The standard InChI is InChI=1S/C16H22F2N2OS/c1-11-4-3-9-20(10-11)12(2)15(21)19-13-5-7-14(8-6-13)22-16(17)18/h5-8,11-12,16H,3-4,9-10H2,1-2H3,(H,19,21)/t11-,12-/m0/s1. The lowest BCUT2D eigenvalue weighted by molar-refractivity contribution is -0.121. The Morgan fingerprint density at radius 2 is 2.05 bits per heavy atom. The maximum absolute atomic E-state index is 12.3. The maximum atomic E-state index is 12.3. The second kappa shape index (κ2) is 7.92. The molecule has 0 aromatic heterocycles. The number of hydrogen-bond donors (Lipinski definition) is 1. The van der Waals surface area contributed by atoms with E-state index in [9.17, 15) is 13.6 Å². The average molecular weight is 328 g/mol. The van der Waals surface area contributed by atoms with Crippen LogP contribution in [0.4, 0.5) is 14.5 Å². The number of halogens is 2. The maximum Gasteiger partial charge on any atom is 0.288 e. The zero-order valence-electron chi connectivity index (χ0n) is 12.9. The zero-order chi connectivity index (χ0) is 16.1. The molecular weight excluding hydrogens is 306 g/mol. The van der Waals surface area contributed by atoms with Crippen molar-refractivity contribution in [1.82, 2.24) is 4.90 Å². The van der Waals surface area contributed by atoms with Crippen molar-refractivity contribution in [3.63, 3.8) is 0 Å². The van der Waals surface area contributed by atoms with Crippen molar-refractivity contribution in [2.45, 2.75) is 43.4 Å². The predicted octanol–water partition coefficient (Wildman–Crippen LogP) is 4.06. The summed E-state index contributed by atoms with van der Waals surface area (Å²) in [7, 11) is 0. The molecule has 22 heavy (non-hydrogen) atoms. The van der Waals surface area contributed by atoms with Gasteiger partial charge in [0.2, 0.25) is 5.91 Å². The first-order valence-corrected chi connectivity index (χ1v) is 8.43. The largest absolute Gasteiger partial charge is 0.325 e. The molecule has 0 unspecified atom stereocenters. The van der Waals surface area contributed by atoms with Gasteiger partial charge >= 0.3 is 0 Å². The molecule has 1 saturated heterocycles. The van der Waals surface area contributed by atoms with Crippen molar-refractivity contribution in [3.8, 4) is 0 Å². The van der Waals surface area contributed by atoms with Crippen LogP contribution in [0, 0.1) is 5.92 Å². The summed E-state index contributed by atoms with van der Waals surface area (Å²) in [5.74, 6) is -1.86. The Bertz CT molecular complexity index is 495. The van der Waals surface area contributed by atoms with Gasteiger partial charge in [-0.25, -0.2) is 0 Å². The molecule has 2 atom stereocenters. The van der Waals surface area contributed by atoms with Gasteiger partial charge < -0.3 is 5.32 Å². The molecule has 1 aromatic carbocycles. The summed E-state index contributed by atoms with van der Waals surface area (Å²) in [5, 5.41) is 2.86. The van der Waals surface area contributed by atoms with Crippen LogP contribution in [0.15, 0.2) is 29.2 Å². The highest BCUT2D eigenvalue weighted by Gasteiger charge is 2.25. The van der Waals surface area contributed by atoms with Gasteiger partial charge in [0.1, 0.15) is 0 Å². The average Bonchev–Trinajstić information content (AvgIpc) is 2.48. The number of anilines is 1. The molecule has 0 bridgehead atoms. The third kappa shape index (κ3) is 4.95. The van der Waals surface area contributed by atoms with E-state index in [0.717, 1.165) is 19.5 Å². The van der Waals surface area contributed by atoms with Gasteiger partial charge in [-0.1, -0.05) is 18.7 Å². The van der Waals surface area contributed by atoms with Gasteiger partial charge in [0.25, 0.3) is 5.76 Å². The number of thioether (sulfide) groups is 1. The van der Waals surface area contributed by atoms with E-state index in [1.807, 2.05) is 6.92 Å². The number of benzene rings is 1. The second-order valence-electron chi connectivity index (χ2n) is 5.81. The van der Waals surface area contributed by atoms with Gasteiger partial charge in [0, 0.05) is 17.1 Å². The molecule has 122 valence electrons. The number of nitrogens with zero attached hydrogens (tertiary/aromatic N) is 1. The molecule has 0 saturated carbocycles. The number of hydrogen-bond acceptors (Lipinski definition) is 3. The smallest absolute Gasteiger partial charge is 0.288 e. The first-order chi connectivity index (χ1) is 10.5. The van der Waals surface area contributed by atoms with Crippen LogP contribution in [0.25, 0.3) is 0 Å². The third-order valence-corrected chi connectivity index (χ3v) is 4.69. The van der Waals surface area contributed by atoms with Crippen LogP contribution in [0.1, 0.15) is 26.7 Å². The number of piperidine rings is 1. The van der Waals surface area contributed by atoms with Crippen LogP contribution in [0.3, 0.4) is 0 Å². The van der Waals surface area contributed by atoms with Crippen molar-refractivity contribution in [3.05, 3.63) is 24.3 Å². The number of amides is 1. The van der Waals surface area contributed by atoms with Crippen molar-refractivity contribution in [2.24, 2.45) is 5.92 Å². The summed E-state index contributed by atoms with van der Waals surface area (Å²) in [6, 6.07) is 6.33. The van der Waals surface area contributed by atoms with E-state index in [-0.39, 0.29) is 11.9 Å². The van der Waals surface area contributed by atoms with Gasteiger partial charge in [-0.15, -0.1) is 0 Å². The number of rotatable bonds is 5. The van der Waals surface area contributed by atoms with E-state index >= 15 is 0 Å². The van der Waals surface area contributed by atoms with Gasteiger partial charge in [0.15, 0.2) is 0 Å². The van der Waals surface area contributed by atoms with E-state index < -0.39 is 5.76 Å². The molecular formula is C16H22F2N2OS. The normalized spacial score (nSPS) is 20.9. The SMILES string of the molecule is C[C@H]1CCCN([C@@H](C)C(=O)Nc2ccc(SC(F)F)cc2)C1. The Morgan fingerprint density at radius 3 is 2.64 bits per heavy atom. The van der Waals surface area contributed by atoms with Crippen LogP contribution in [-0.2, 0) is 4.79 Å². The first-order valence-electron chi connectivity index (χ1n) is 7.55. The van der Waals surface area contributed by atoms with Crippen LogP contribution >= 0.6 is 11.8 Å². The summed E-state index contributed by atoms with van der Waals surface area (Å²) in [4.78, 5) is 15.0. The number of carbonyl (C=O) groups is 1. The third-order valence-electron chi connectivity index (χ3n) is 3.96. The highest BCUT2D eigenvalue weighted by atomic mass is 32.2. The summed E-state index contributed by atoms with van der Waals surface area (Å²) in [6.07, 6.45) is 2.34.